The number of hydrogen-bond acceptors (Lipinski definition) is 2. The van der Waals surface area contributed by atoms with Gasteiger partial charge < -0.3 is 4.74 Å². The van der Waals surface area contributed by atoms with Gasteiger partial charge in [0.25, 0.3) is 0 Å². The van der Waals surface area contributed by atoms with E-state index >= 15 is 0 Å². The number of pyridine rings is 1. The van der Waals surface area contributed by atoms with Crippen LogP contribution in [0.15, 0.2) is 66.9 Å². The largest absolute Gasteiger partial charge is 0.439 e. The van der Waals surface area contributed by atoms with Crippen LogP contribution in [0.1, 0.15) is 30.9 Å². The Hall–Kier alpha value is -2.87. The number of aryl methyl sites for hydroxylation is 1. The summed E-state index contributed by atoms with van der Waals surface area (Å²) in [6.07, 6.45) is 1.90. The molecule has 0 atom stereocenters. The summed E-state index contributed by atoms with van der Waals surface area (Å²) >= 11 is 0. The smallest absolute Gasteiger partial charge is 0.222 e. The molecule has 0 saturated carbocycles. The molecule has 0 saturated heterocycles. The SMILES string of the molecule is Cc1c(Oc2ccccc2)ncc2cc3ccc(C(C)C)cc3cc12. The van der Waals surface area contributed by atoms with Crippen LogP contribution in [0.3, 0.4) is 0 Å². The molecule has 0 aliphatic rings. The number of nitrogens with zero attached hydrogens (tertiary/aromatic N) is 1. The molecule has 0 radical (unpaired) electrons. The highest BCUT2D eigenvalue weighted by molar-refractivity contribution is 6.00. The summed E-state index contributed by atoms with van der Waals surface area (Å²) in [4.78, 5) is 4.53. The molecule has 3 aromatic carbocycles. The maximum absolute atomic E-state index is 5.98. The number of fused-ring (bicyclic) bond motifs is 2. The Balaban J connectivity index is 1.85. The van der Waals surface area contributed by atoms with Crippen LogP contribution in [0.25, 0.3) is 21.5 Å². The fraction of sp³-hybridized carbons (Fsp3) is 0.174. The van der Waals surface area contributed by atoms with Crippen LogP contribution in [0.2, 0.25) is 0 Å². The van der Waals surface area contributed by atoms with E-state index in [0.717, 1.165) is 16.7 Å². The Labute approximate surface area is 148 Å². The van der Waals surface area contributed by atoms with Gasteiger partial charge in [0.1, 0.15) is 5.75 Å². The van der Waals surface area contributed by atoms with Gasteiger partial charge in [-0.05, 0) is 58.8 Å². The van der Waals surface area contributed by atoms with Crippen molar-refractivity contribution in [3.63, 3.8) is 0 Å². The monoisotopic (exact) mass is 327 g/mol. The Morgan fingerprint density at radius 2 is 1.64 bits per heavy atom. The number of hydrogen-bond donors (Lipinski definition) is 0. The fourth-order valence-electron chi connectivity index (χ4n) is 3.17. The Morgan fingerprint density at radius 3 is 2.40 bits per heavy atom. The molecule has 2 heteroatoms. The van der Waals surface area contributed by atoms with Crippen LogP contribution < -0.4 is 4.74 Å². The number of rotatable bonds is 3. The lowest BCUT2D eigenvalue weighted by Crippen LogP contribution is -1.93. The van der Waals surface area contributed by atoms with Crippen LogP contribution >= 0.6 is 0 Å². The fourth-order valence-corrected chi connectivity index (χ4v) is 3.17. The van der Waals surface area contributed by atoms with Crippen molar-refractivity contribution in [1.82, 2.24) is 4.98 Å². The van der Waals surface area contributed by atoms with E-state index in [1.165, 1.54) is 21.7 Å². The van der Waals surface area contributed by atoms with Gasteiger partial charge in [0.2, 0.25) is 5.88 Å². The van der Waals surface area contributed by atoms with E-state index in [1.54, 1.807) is 0 Å². The highest BCUT2D eigenvalue weighted by Crippen LogP contribution is 2.32. The van der Waals surface area contributed by atoms with Crippen LogP contribution in [-0.2, 0) is 0 Å². The zero-order chi connectivity index (χ0) is 17.4. The number of para-hydroxylation sites is 1. The summed E-state index contributed by atoms with van der Waals surface area (Å²) < 4.78 is 5.98. The lowest BCUT2D eigenvalue weighted by molar-refractivity contribution is 0.460. The first kappa shape index (κ1) is 15.6. The Morgan fingerprint density at radius 1 is 0.840 bits per heavy atom. The second kappa shape index (κ2) is 6.21. The van der Waals surface area contributed by atoms with Gasteiger partial charge in [-0.15, -0.1) is 0 Å². The summed E-state index contributed by atoms with van der Waals surface area (Å²) in [6.45, 7) is 6.53. The topological polar surface area (TPSA) is 22.1 Å². The third kappa shape index (κ3) is 2.96. The minimum absolute atomic E-state index is 0.524. The molecule has 0 fully saturated rings. The summed E-state index contributed by atoms with van der Waals surface area (Å²) in [5, 5.41) is 4.84. The minimum Gasteiger partial charge on any atom is -0.439 e. The third-order valence-electron chi connectivity index (χ3n) is 4.70. The van der Waals surface area contributed by atoms with Crippen molar-refractivity contribution in [3.05, 3.63) is 78.0 Å². The van der Waals surface area contributed by atoms with Crippen molar-refractivity contribution >= 4 is 21.5 Å². The second-order valence-corrected chi connectivity index (χ2v) is 6.80. The first-order chi connectivity index (χ1) is 12.1. The van der Waals surface area contributed by atoms with Crippen LogP contribution in [0.5, 0.6) is 11.6 Å². The highest BCUT2D eigenvalue weighted by atomic mass is 16.5. The van der Waals surface area contributed by atoms with E-state index in [2.05, 4.69) is 56.1 Å². The maximum atomic E-state index is 5.98. The predicted molar refractivity (Wildman–Crippen MR) is 105 cm³/mol. The normalized spacial score (nSPS) is 11.4. The Kier molecular flexibility index (Phi) is 3.89. The molecule has 1 aromatic heterocycles. The average Bonchev–Trinajstić information content (AvgIpc) is 2.63. The van der Waals surface area contributed by atoms with Gasteiger partial charge >= 0.3 is 0 Å². The zero-order valence-corrected chi connectivity index (χ0v) is 14.8. The molecule has 124 valence electrons. The third-order valence-corrected chi connectivity index (χ3v) is 4.70. The molecule has 4 aromatic rings. The van der Waals surface area contributed by atoms with E-state index < -0.39 is 0 Å². The Bertz CT molecular complexity index is 1050. The van der Waals surface area contributed by atoms with Crippen LogP contribution in [-0.4, -0.2) is 4.98 Å². The molecule has 0 aliphatic heterocycles. The van der Waals surface area contributed by atoms with Crippen molar-refractivity contribution in [2.75, 3.05) is 0 Å². The van der Waals surface area contributed by atoms with E-state index in [1.807, 2.05) is 36.5 Å². The van der Waals surface area contributed by atoms with Crippen molar-refractivity contribution in [1.29, 1.82) is 0 Å². The van der Waals surface area contributed by atoms with Gasteiger partial charge in [0, 0.05) is 17.1 Å². The summed E-state index contributed by atoms with van der Waals surface area (Å²) in [5.41, 5.74) is 2.43. The molecule has 0 amide bonds. The number of benzene rings is 3. The molecule has 1 heterocycles. The molecule has 0 aliphatic carbocycles. The average molecular weight is 327 g/mol. The molecule has 4 rings (SSSR count). The predicted octanol–water partition coefficient (Wildman–Crippen LogP) is 6.61. The molecule has 0 bridgehead atoms. The first-order valence-electron chi connectivity index (χ1n) is 8.68. The second-order valence-electron chi connectivity index (χ2n) is 6.80. The van der Waals surface area contributed by atoms with Crippen LogP contribution in [0, 0.1) is 6.92 Å². The van der Waals surface area contributed by atoms with E-state index in [9.17, 15) is 0 Å². The van der Waals surface area contributed by atoms with E-state index in [-0.39, 0.29) is 0 Å². The molecular weight excluding hydrogens is 306 g/mol. The van der Waals surface area contributed by atoms with Crippen molar-refractivity contribution in [2.45, 2.75) is 26.7 Å². The number of aromatic nitrogens is 1. The lowest BCUT2D eigenvalue weighted by Gasteiger charge is -2.12. The van der Waals surface area contributed by atoms with E-state index in [4.69, 9.17) is 4.74 Å². The van der Waals surface area contributed by atoms with Crippen molar-refractivity contribution in [3.8, 4) is 11.6 Å². The number of ether oxygens (including phenoxy) is 1. The molecule has 0 N–H and O–H groups in total. The first-order valence-corrected chi connectivity index (χ1v) is 8.68. The van der Waals surface area contributed by atoms with E-state index in [0.29, 0.717) is 11.8 Å². The lowest BCUT2D eigenvalue weighted by atomic mass is 9.96. The highest BCUT2D eigenvalue weighted by Gasteiger charge is 2.09. The van der Waals surface area contributed by atoms with Gasteiger partial charge in [-0.3, -0.25) is 0 Å². The maximum Gasteiger partial charge on any atom is 0.222 e. The molecule has 2 nitrogen and oxygen atoms in total. The summed E-state index contributed by atoms with van der Waals surface area (Å²) in [7, 11) is 0. The standard InChI is InChI=1S/C23H21NO/c1-15(2)17-9-10-18-12-20-14-24-23(25-21-7-5-4-6-8-21)16(3)22(20)13-19(18)11-17/h4-15H,1-3H3. The molecule has 0 unspecified atom stereocenters. The zero-order valence-electron chi connectivity index (χ0n) is 14.8. The summed E-state index contributed by atoms with van der Waals surface area (Å²) in [6, 6.07) is 21.0. The van der Waals surface area contributed by atoms with Gasteiger partial charge in [0.15, 0.2) is 0 Å². The summed E-state index contributed by atoms with van der Waals surface area (Å²) in [5.74, 6) is 1.99. The molecule has 25 heavy (non-hydrogen) atoms. The molecule has 0 spiro atoms. The van der Waals surface area contributed by atoms with Gasteiger partial charge in [-0.25, -0.2) is 4.98 Å². The van der Waals surface area contributed by atoms with Crippen molar-refractivity contribution in [2.24, 2.45) is 0 Å². The van der Waals surface area contributed by atoms with Crippen molar-refractivity contribution < 1.29 is 4.74 Å². The van der Waals surface area contributed by atoms with Gasteiger partial charge in [0.05, 0.1) is 0 Å². The van der Waals surface area contributed by atoms with Gasteiger partial charge in [-0.1, -0.05) is 50.2 Å². The molecular formula is C23H21NO. The quantitative estimate of drug-likeness (QED) is 0.395. The van der Waals surface area contributed by atoms with Gasteiger partial charge in [-0.2, -0.15) is 0 Å². The minimum atomic E-state index is 0.524. The van der Waals surface area contributed by atoms with Crippen LogP contribution in [0.4, 0.5) is 0 Å².